The molecule has 0 radical (unpaired) electrons. The summed E-state index contributed by atoms with van der Waals surface area (Å²) in [4.78, 5) is 2.21. The maximum absolute atomic E-state index is 9.56. The van der Waals surface area contributed by atoms with Crippen LogP contribution in [0.1, 0.15) is 43.2 Å². The van der Waals surface area contributed by atoms with Crippen molar-refractivity contribution in [3.05, 3.63) is 29.3 Å². The van der Waals surface area contributed by atoms with Crippen LogP contribution in [0.3, 0.4) is 0 Å². The number of benzene rings is 1. The molecule has 0 aromatic heterocycles. The SMILES string of the molecule is N#Cc1cc(CNC2CC2)ccc1N1CCCCC1CO. The Bertz CT molecular complexity index is 533. The maximum Gasteiger partial charge on any atom is 0.101 e. The highest BCUT2D eigenvalue weighted by molar-refractivity contribution is 5.61. The summed E-state index contributed by atoms with van der Waals surface area (Å²) in [7, 11) is 0. The number of piperidine rings is 1. The van der Waals surface area contributed by atoms with Crippen LogP contribution >= 0.6 is 0 Å². The number of rotatable bonds is 5. The minimum atomic E-state index is 0.154. The van der Waals surface area contributed by atoms with Gasteiger partial charge in [0.05, 0.1) is 23.9 Å². The van der Waals surface area contributed by atoms with Crippen molar-refractivity contribution in [3.63, 3.8) is 0 Å². The number of nitrogens with one attached hydrogen (secondary N) is 1. The van der Waals surface area contributed by atoms with E-state index in [-0.39, 0.29) is 12.6 Å². The van der Waals surface area contributed by atoms with Crippen LogP contribution in [0.4, 0.5) is 5.69 Å². The van der Waals surface area contributed by atoms with E-state index in [1.807, 2.05) is 6.07 Å². The van der Waals surface area contributed by atoms with Crippen LogP contribution in [-0.4, -0.2) is 30.3 Å². The topological polar surface area (TPSA) is 59.3 Å². The third-order valence-corrected chi connectivity index (χ3v) is 4.50. The molecule has 112 valence electrons. The van der Waals surface area contributed by atoms with E-state index >= 15 is 0 Å². The van der Waals surface area contributed by atoms with Gasteiger partial charge in [-0.15, -0.1) is 0 Å². The van der Waals surface area contributed by atoms with Crippen molar-refractivity contribution < 1.29 is 5.11 Å². The lowest BCUT2D eigenvalue weighted by atomic mass is 9.99. The monoisotopic (exact) mass is 285 g/mol. The van der Waals surface area contributed by atoms with E-state index in [0.717, 1.165) is 43.6 Å². The van der Waals surface area contributed by atoms with Gasteiger partial charge in [-0.2, -0.15) is 5.26 Å². The fraction of sp³-hybridized carbons (Fsp3) is 0.588. The lowest BCUT2D eigenvalue weighted by Gasteiger charge is -2.37. The molecule has 1 aliphatic carbocycles. The quantitative estimate of drug-likeness (QED) is 0.870. The molecule has 1 unspecified atom stereocenters. The first-order chi connectivity index (χ1) is 10.3. The number of nitrogens with zero attached hydrogens (tertiary/aromatic N) is 2. The van der Waals surface area contributed by atoms with Crippen molar-refractivity contribution in [3.8, 4) is 6.07 Å². The van der Waals surface area contributed by atoms with E-state index < -0.39 is 0 Å². The summed E-state index contributed by atoms with van der Waals surface area (Å²) in [5, 5.41) is 22.5. The molecule has 0 bridgehead atoms. The summed E-state index contributed by atoms with van der Waals surface area (Å²) in [5.74, 6) is 0. The van der Waals surface area contributed by atoms with Crippen molar-refractivity contribution in [1.82, 2.24) is 5.32 Å². The van der Waals surface area contributed by atoms with Gasteiger partial charge in [-0.3, -0.25) is 0 Å². The van der Waals surface area contributed by atoms with E-state index in [2.05, 4.69) is 28.4 Å². The van der Waals surface area contributed by atoms with Crippen molar-refractivity contribution >= 4 is 5.69 Å². The standard InChI is InChI=1S/C17H23N3O/c18-10-14-9-13(11-19-15-5-6-15)4-7-17(14)20-8-2-1-3-16(20)12-21/h4,7,9,15-16,19,21H,1-3,5-6,8,11-12H2. The number of nitriles is 1. The highest BCUT2D eigenvalue weighted by atomic mass is 16.3. The average Bonchev–Trinajstić information content (AvgIpc) is 3.37. The van der Waals surface area contributed by atoms with Gasteiger partial charge in [0, 0.05) is 19.1 Å². The van der Waals surface area contributed by atoms with Gasteiger partial charge in [0.1, 0.15) is 6.07 Å². The van der Waals surface area contributed by atoms with Gasteiger partial charge < -0.3 is 15.3 Å². The molecule has 2 N–H and O–H groups in total. The molecule has 1 aliphatic heterocycles. The molecule has 1 heterocycles. The third kappa shape index (κ3) is 3.37. The molecule has 0 amide bonds. The first kappa shape index (κ1) is 14.4. The van der Waals surface area contributed by atoms with Crippen LogP contribution < -0.4 is 10.2 Å². The lowest BCUT2D eigenvalue weighted by molar-refractivity contribution is 0.240. The Kier molecular flexibility index (Phi) is 4.42. The summed E-state index contributed by atoms with van der Waals surface area (Å²) in [6, 6.07) is 9.31. The van der Waals surface area contributed by atoms with E-state index in [1.165, 1.54) is 18.4 Å². The van der Waals surface area contributed by atoms with Crippen molar-refractivity contribution in [2.24, 2.45) is 0 Å². The Hall–Kier alpha value is -1.57. The Labute approximate surface area is 126 Å². The molecule has 0 spiro atoms. The van der Waals surface area contributed by atoms with Crippen molar-refractivity contribution in [2.45, 2.75) is 50.7 Å². The summed E-state index contributed by atoms with van der Waals surface area (Å²) in [6.45, 7) is 1.93. The molecular weight excluding hydrogens is 262 g/mol. The summed E-state index contributed by atoms with van der Waals surface area (Å²) in [6.07, 6.45) is 5.84. The molecule has 2 fully saturated rings. The maximum atomic E-state index is 9.56. The van der Waals surface area contributed by atoms with Crippen LogP contribution in [-0.2, 0) is 6.54 Å². The summed E-state index contributed by atoms with van der Waals surface area (Å²) < 4.78 is 0. The van der Waals surface area contributed by atoms with Gasteiger partial charge in [-0.1, -0.05) is 6.07 Å². The Morgan fingerprint density at radius 1 is 1.29 bits per heavy atom. The summed E-state index contributed by atoms with van der Waals surface area (Å²) in [5.41, 5.74) is 2.87. The molecular formula is C17H23N3O. The van der Waals surface area contributed by atoms with Gasteiger partial charge in [0.15, 0.2) is 0 Å². The molecule has 1 aromatic rings. The highest BCUT2D eigenvalue weighted by Crippen LogP contribution is 2.28. The highest BCUT2D eigenvalue weighted by Gasteiger charge is 2.24. The Morgan fingerprint density at radius 2 is 2.14 bits per heavy atom. The minimum absolute atomic E-state index is 0.154. The van der Waals surface area contributed by atoms with Crippen molar-refractivity contribution in [1.29, 1.82) is 5.26 Å². The molecule has 2 aliphatic rings. The van der Waals surface area contributed by atoms with E-state index in [9.17, 15) is 10.4 Å². The normalized spacial score (nSPS) is 22.1. The predicted octanol–water partition coefficient (Wildman–Crippen LogP) is 2.16. The second kappa shape index (κ2) is 6.46. The zero-order valence-corrected chi connectivity index (χ0v) is 12.4. The number of aliphatic hydroxyl groups is 1. The molecule has 3 rings (SSSR count). The lowest BCUT2D eigenvalue weighted by Crippen LogP contribution is -2.42. The van der Waals surface area contributed by atoms with E-state index in [1.54, 1.807) is 0 Å². The van der Waals surface area contributed by atoms with Crippen molar-refractivity contribution in [2.75, 3.05) is 18.1 Å². The van der Waals surface area contributed by atoms with Crippen LogP contribution in [0.2, 0.25) is 0 Å². The fourth-order valence-electron chi connectivity index (χ4n) is 3.09. The largest absolute Gasteiger partial charge is 0.394 e. The van der Waals surface area contributed by atoms with Crippen LogP contribution in [0.25, 0.3) is 0 Å². The second-order valence-electron chi connectivity index (χ2n) is 6.14. The van der Waals surface area contributed by atoms with Crippen LogP contribution in [0, 0.1) is 11.3 Å². The molecule has 1 atom stereocenters. The third-order valence-electron chi connectivity index (χ3n) is 4.50. The van der Waals surface area contributed by atoms with Gasteiger partial charge >= 0.3 is 0 Å². The predicted molar refractivity (Wildman–Crippen MR) is 83.1 cm³/mol. The first-order valence-corrected chi connectivity index (χ1v) is 7.95. The van der Waals surface area contributed by atoms with Crippen LogP contribution in [0.5, 0.6) is 0 Å². The smallest absolute Gasteiger partial charge is 0.101 e. The molecule has 1 saturated carbocycles. The number of anilines is 1. The Morgan fingerprint density at radius 3 is 2.86 bits per heavy atom. The number of hydrogen-bond acceptors (Lipinski definition) is 4. The summed E-state index contributed by atoms with van der Waals surface area (Å²) >= 11 is 0. The number of aliphatic hydroxyl groups excluding tert-OH is 1. The zero-order chi connectivity index (χ0) is 14.7. The number of hydrogen-bond donors (Lipinski definition) is 2. The molecule has 4 nitrogen and oxygen atoms in total. The minimum Gasteiger partial charge on any atom is -0.394 e. The molecule has 1 aromatic carbocycles. The Balaban J connectivity index is 1.78. The average molecular weight is 285 g/mol. The zero-order valence-electron chi connectivity index (χ0n) is 12.4. The molecule has 21 heavy (non-hydrogen) atoms. The van der Waals surface area contributed by atoms with E-state index in [4.69, 9.17) is 0 Å². The van der Waals surface area contributed by atoms with Crippen LogP contribution in [0.15, 0.2) is 18.2 Å². The first-order valence-electron chi connectivity index (χ1n) is 7.95. The van der Waals surface area contributed by atoms with Gasteiger partial charge in [0.2, 0.25) is 0 Å². The fourth-order valence-corrected chi connectivity index (χ4v) is 3.09. The molecule has 1 saturated heterocycles. The molecule has 4 heteroatoms. The second-order valence-corrected chi connectivity index (χ2v) is 6.14. The van der Waals surface area contributed by atoms with E-state index in [0.29, 0.717) is 6.04 Å². The van der Waals surface area contributed by atoms with Gasteiger partial charge in [-0.05, 0) is 49.8 Å². The van der Waals surface area contributed by atoms with Gasteiger partial charge in [0.25, 0.3) is 0 Å². The van der Waals surface area contributed by atoms with Gasteiger partial charge in [-0.25, -0.2) is 0 Å².